The lowest BCUT2D eigenvalue weighted by Crippen LogP contribution is -2.55. The summed E-state index contributed by atoms with van der Waals surface area (Å²) >= 11 is 0. The van der Waals surface area contributed by atoms with E-state index in [9.17, 15) is 18.8 Å². The number of urea groups is 1. The molecular formula is C35H44FN7O4. The normalized spacial score (nSPS) is 20.6. The zero-order chi connectivity index (χ0) is 32.5. The Labute approximate surface area is 274 Å². The predicted octanol–water partition coefficient (Wildman–Crippen LogP) is 5.05. The van der Waals surface area contributed by atoms with Crippen LogP contribution in [0.1, 0.15) is 61.6 Å². The molecule has 4 aliphatic rings. The number of hydrogen-bond acceptors (Lipinski definition) is 6. The number of nitrogens with one attached hydrogen (secondary N) is 2. The first-order valence-electron chi connectivity index (χ1n) is 17.1. The zero-order valence-corrected chi connectivity index (χ0v) is 27.0. The fourth-order valence-corrected chi connectivity index (χ4v) is 7.91. The van der Waals surface area contributed by atoms with Crippen molar-refractivity contribution >= 4 is 34.6 Å². The molecule has 47 heavy (non-hydrogen) atoms. The van der Waals surface area contributed by atoms with Gasteiger partial charge in [0.05, 0.1) is 17.4 Å². The van der Waals surface area contributed by atoms with E-state index in [2.05, 4.69) is 20.4 Å². The number of para-hydroxylation sites is 1. The molecule has 0 radical (unpaired) electrons. The van der Waals surface area contributed by atoms with Crippen LogP contribution in [-0.2, 0) is 22.5 Å². The number of fused-ring (bicyclic) bond motifs is 2. The van der Waals surface area contributed by atoms with Gasteiger partial charge in [0.15, 0.2) is 6.10 Å². The molecule has 2 N–H and O–H groups in total. The molecule has 3 aliphatic heterocycles. The van der Waals surface area contributed by atoms with Gasteiger partial charge in [0, 0.05) is 69.7 Å². The summed E-state index contributed by atoms with van der Waals surface area (Å²) in [5.41, 5.74) is 3.85. The quantitative estimate of drug-likeness (QED) is 0.388. The van der Waals surface area contributed by atoms with Gasteiger partial charge in [-0.05, 0) is 61.4 Å². The number of piperidine rings is 1. The number of halogens is 1. The highest BCUT2D eigenvalue weighted by Gasteiger charge is 2.37. The molecule has 1 aliphatic carbocycles. The topological polar surface area (TPSA) is 114 Å². The average molecular weight is 646 g/mol. The van der Waals surface area contributed by atoms with Gasteiger partial charge in [0.25, 0.3) is 5.91 Å². The first-order chi connectivity index (χ1) is 22.8. The van der Waals surface area contributed by atoms with Crippen molar-refractivity contribution < 1.29 is 23.5 Å². The predicted molar refractivity (Wildman–Crippen MR) is 175 cm³/mol. The lowest BCUT2D eigenvalue weighted by atomic mass is 9.94. The summed E-state index contributed by atoms with van der Waals surface area (Å²) in [5.74, 6) is -0.597. The van der Waals surface area contributed by atoms with Crippen LogP contribution in [0.25, 0.3) is 10.9 Å². The molecule has 4 heterocycles. The van der Waals surface area contributed by atoms with E-state index < -0.39 is 18.0 Å². The van der Waals surface area contributed by atoms with E-state index in [1.165, 1.54) is 38.2 Å². The number of piperazine rings is 1. The number of rotatable bonds is 6. The number of anilines is 1. The minimum absolute atomic E-state index is 0.0991. The number of nitrogens with zero attached hydrogens (tertiary/aromatic N) is 5. The Kier molecular flexibility index (Phi) is 9.02. The highest BCUT2D eigenvalue weighted by molar-refractivity contribution is 5.92. The Balaban J connectivity index is 1.01. The van der Waals surface area contributed by atoms with E-state index in [-0.39, 0.29) is 30.1 Å². The van der Waals surface area contributed by atoms with Crippen LogP contribution in [-0.4, -0.2) is 105 Å². The Hall–Kier alpha value is -4.19. The molecule has 1 atom stereocenters. The summed E-state index contributed by atoms with van der Waals surface area (Å²) in [4.78, 5) is 48.3. The van der Waals surface area contributed by atoms with Crippen LogP contribution in [0.4, 0.5) is 19.7 Å². The van der Waals surface area contributed by atoms with Crippen LogP contribution in [0.3, 0.4) is 0 Å². The lowest BCUT2D eigenvalue weighted by Gasteiger charge is -2.42. The Morgan fingerprint density at radius 2 is 1.74 bits per heavy atom. The second-order valence-corrected chi connectivity index (χ2v) is 13.5. The maximum atomic E-state index is 14.2. The van der Waals surface area contributed by atoms with E-state index in [0.29, 0.717) is 51.6 Å². The molecule has 1 saturated carbocycles. The number of aromatic amines is 1. The van der Waals surface area contributed by atoms with Gasteiger partial charge in [-0.25, -0.2) is 14.0 Å². The molecule has 0 spiro atoms. The van der Waals surface area contributed by atoms with Crippen molar-refractivity contribution in [2.75, 3.05) is 44.6 Å². The summed E-state index contributed by atoms with van der Waals surface area (Å²) in [6, 6.07) is 9.00. The number of likely N-dealkylation sites (tertiary alicyclic amines) is 1. The molecule has 3 aromatic rings. The first-order valence-corrected chi connectivity index (χ1v) is 17.1. The largest absolute Gasteiger partial charge is 0.436 e. The smallest absolute Gasteiger partial charge is 0.410 e. The number of carbonyl (C=O) groups excluding carboxylic acids is 3. The number of amides is 4. The van der Waals surface area contributed by atoms with Crippen LogP contribution < -0.4 is 5.32 Å². The number of benzene rings is 2. The van der Waals surface area contributed by atoms with Crippen molar-refractivity contribution in [3.05, 3.63) is 59.0 Å². The van der Waals surface area contributed by atoms with Crippen LogP contribution in [0, 0.1) is 12.7 Å². The lowest BCUT2D eigenvalue weighted by molar-refractivity contribution is -0.143. The molecule has 250 valence electrons. The fraction of sp³-hybridized carbons (Fsp3) is 0.543. The number of H-pyrrole nitrogens is 1. The minimum atomic E-state index is -0.954. The van der Waals surface area contributed by atoms with Crippen LogP contribution in [0.15, 0.2) is 36.5 Å². The van der Waals surface area contributed by atoms with Crippen molar-refractivity contribution in [1.29, 1.82) is 0 Å². The Bertz CT molecular complexity index is 1620. The van der Waals surface area contributed by atoms with Gasteiger partial charge in [-0.15, -0.1) is 0 Å². The Morgan fingerprint density at radius 1 is 0.979 bits per heavy atom. The minimum Gasteiger partial charge on any atom is -0.436 e. The van der Waals surface area contributed by atoms with Gasteiger partial charge >= 0.3 is 12.1 Å². The molecule has 1 unspecified atom stereocenters. The van der Waals surface area contributed by atoms with Gasteiger partial charge in [-0.3, -0.25) is 14.8 Å². The maximum Gasteiger partial charge on any atom is 0.410 e. The summed E-state index contributed by atoms with van der Waals surface area (Å²) in [7, 11) is 0. The van der Waals surface area contributed by atoms with Gasteiger partial charge in [0.2, 0.25) is 0 Å². The van der Waals surface area contributed by atoms with Crippen molar-refractivity contribution in [2.45, 2.75) is 83.0 Å². The number of aryl methyl sites for hydroxylation is 1. The number of carbonyl (C=O) groups is 3. The Morgan fingerprint density at radius 3 is 2.51 bits per heavy atom. The number of aromatic nitrogens is 2. The van der Waals surface area contributed by atoms with E-state index in [1.54, 1.807) is 22.1 Å². The van der Waals surface area contributed by atoms with Crippen LogP contribution >= 0.6 is 0 Å². The van der Waals surface area contributed by atoms with Crippen LogP contribution in [0.2, 0.25) is 0 Å². The van der Waals surface area contributed by atoms with Gasteiger partial charge < -0.3 is 24.8 Å². The second kappa shape index (κ2) is 13.5. The molecule has 12 heteroatoms. The monoisotopic (exact) mass is 645 g/mol. The molecule has 7 rings (SSSR count). The van der Waals surface area contributed by atoms with E-state index in [1.807, 2.05) is 30.0 Å². The van der Waals surface area contributed by atoms with Crippen molar-refractivity contribution in [1.82, 2.24) is 29.8 Å². The van der Waals surface area contributed by atoms with E-state index >= 15 is 0 Å². The maximum absolute atomic E-state index is 14.2. The van der Waals surface area contributed by atoms with Gasteiger partial charge in [-0.2, -0.15) is 5.10 Å². The third kappa shape index (κ3) is 6.65. The van der Waals surface area contributed by atoms with Crippen molar-refractivity contribution in [2.24, 2.45) is 0 Å². The fourth-order valence-electron chi connectivity index (χ4n) is 7.91. The zero-order valence-electron chi connectivity index (χ0n) is 27.0. The van der Waals surface area contributed by atoms with Gasteiger partial charge in [-0.1, -0.05) is 37.5 Å². The van der Waals surface area contributed by atoms with Gasteiger partial charge in [0.1, 0.15) is 5.82 Å². The van der Waals surface area contributed by atoms with Crippen molar-refractivity contribution in [3.63, 3.8) is 0 Å². The molecule has 1 aromatic heterocycles. The summed E-state index contributed by atoms with van der Waals surface area (Å²) in [6.45, 7) is 6.03. The van der Waals surface area contributed by atoms with Crippen LogP contribution in [0.5, 0.6) is 0 Å². The molecule has 11 nitrogen and oxygen atoms in total. The van der Waals surface area contributed by atoms with E-state index in [0.717, 1.165) is 40.7 Å². The summed E-state index contributed by atoms with van der Waals surface area (Å²) < 4.78 is 20.3. The second-order valence-electron chi connectivity index (χ2n) is 13.5. The standard InChI is InChI=1S/C35H44FN7O4/c1-23-18-24(19-26-21-37-39-31(23)26)20-30(33(44)41-16-14-40(15-17-41)27-7-3-2-4-8-27)47-35(46)42-12-10-28(11-13-42)43-22-25-6-5-9-29(36)32(25)38-34(43)45/h5-6,9,18-19,21,27-28,30H,2-4,7-8,10-17,20,22H2,1H3,(H,37,39)(H,38,45). The molecule has 4 amide bonds. The highest BCUT2D eigenvalue weighted by Crippen LogP contribution is 2.30. The summed E-state index contributed by atoms with van der Waals surface area (Å²) in [6.07, 6.45) is 8.02. The molecule has 3 fully saturated rings. The summed E-state index contributed by atoms with van der Waals surface area (Å²) in [5, 5.41) is 10.8. The first kappa shape index (κ1) is 31.4. The molecular weight excluding hydrogens is 601 g/mol. The molecule has 0 bridgehead atoms. The van der Waals surface area contributed by atoms with Crippen molar-refractivity contribution in [3.8, 4) is 0 Å². The number of hydrogen-bond donors (Lipinski definition) is 2. The van der Waals surface area contributed by atoms with E-state index in [4.69, 9.17) is 4.74 Å². The molecule has 2 aromatic carbocycles. The number of ether oxygens (including phenoxy) is 1. The molecule has 2 saturated heterocycles. The third-order valence-corrected chi connectivity index (χ3v) is 10.6. The third-order valence-electron chi connectivity index (χ3n) is 10.6. The SMILES string of the molecule is Cc1cc(CC(OC(=O)N2CCC(N3Cc4cccc(F)c4NC3=O)CC2)C(=O)N2CCN(C3CCCCC3)CC2)cc2cn[nH]c12. The highest BCUT2D eigenvalue weighted by atomic mass is 19.1. The average Bonchev–Trinajstić information content (AvgIpc) is 3.58.